The van der Waals surface area contributed by atoms with E-state index in [9.17, 15) is 19.1 Å². The average molecular weight is 293 g/mol. The molecule has 1 amide bonds. The highest BCUT2D eigenvalue weighted by Crippen LogP contribution is 2.44. The topological polar surface area (TPSA) is 75.6 Å². The molecule has 0 aliphatic carbocycles. The minimum absolute atomic E-state index is 0.0758. The Morgan fingerprint density at radius 1 is 1.29 bits per heavy atom. The molecule has 2 saturated heterocycles. The second-order valence-electron chi connectivity index (χ2n) is 5.65. The van der Waals surface area contributed by atoms with E-state index < -0.39 is 35.6 Å². The van der Waals surface area contributed by atoms with Gasteiger partial charge >= 0.3 is 5.97 Å². The Bertz CT molecular complexity index is 603. The molecule has 2 fully saturated rings. The van der Waals surface area contributed by atoms with E-state index in [2.05, 4.69) is 5.32 Å². The zero-order valence-corrected chi connectivity index (χ0v) is 11.5. The zero-order valence-electron chi connectivity index (χ0n) is 11.5. The first-order valence-corrected chi connectivity index (χ1v) is 6.92. The molecule has 1 aromatic carbocycles. The highest BCUT2D eigenvalue weighted by molar-refractivity contribution is 5.96. The molecule has 5 nitrogen and oxygen atoms in total. The number of hydrogen-bond donors (Lipinski definition) is 2. The number of carbonyl (C=O) groups excluding carboxylic acids is 1. The largest absolute Gasteiger partial charge is 0.481 e. The van der Waals surface area contributed by atoms with Gasteiger partial charge in [0.1, 0.15) is 5.82 Å². The molecule has 6 heteroatoms. The van der Waals surface area contributed by atoms with Crippen LogP contribution < -0.4 is 5.32 Å². The molecule has 2 bridgehead atoms. The number of fused-ring (bicyclic) bond motifs is 2. The zero-order chi connectivity index (χ0) is 15.1. The Morgan fingerprint density at radius 2 is 1.95 bits per heavy atom. The summed E-state index contributed by atoms with van der Waals surface area (Å²) in [6, 6.07) is 4.40. The van der Waals surface area contributed by atoms with Gasteiger partial charge in [0, 0.05) is 0 Å². The number of benzene rings is 1. The Morgan fingerprint density at radius 3 is 2.62 bits per heavy atom. The van der Waals surface area contributed by atoms with E-state index >= 15 is 0 Å². The van der Waals surface area contributed by atoms with Crippen LogP contribution in [0.1, 0.15) is 18.4 Å². The molecule has 0 spiro atoms. The smallest absolute Gasteiger partial charge is 0.310 e. The summed E-state index contributed by atoms with van der Waals surface area (Å²) in [5.74, 6) is -3.67. The molecule has 2 N–H and O–H groups in total. The van der Waals surface area contributed by atoms with Crippen molar-refractivity contribution in [1.29, 1.82) is 0 Å². The lowest BCUT2D eigenvalue weighted by Gasteiger charge is -2.24. The minimum Gasteiger partial charge on any atom is -0.481 e. The molecule has 4 unspecified atom stereocenters. The number of carboxylic acid groups (broad SMARTS) is 1. The lowest BCUT2D eigenvalue weighted by atomic mass is 9.78. The van der Waals surface area contributed by atoms with Crippen LogP contribution in [-0.2, 0) is 14.3 Å². The standard InChI is InChI=1S/C15H16FNO4/c1-7-2-3-8(16)9(6-7)17-14(18)12-10-4-5-11(21-10)13(12)15(19)20/h2-3,6,10-13H,4-5H2,1H3,(H,17,18)(H,19,20). The molecule has 0 radical (unpaired) electrons. The van der Waals surface area contributed by atoms with Gasteiger partial charge in [0.25, 0.3) is 0 Å². The van der Waals surface area contributed by atoms with Gasteiger partial charge in [-0.05, 0) is 37.5 Å². The van der Waals surface area contributed by atoms with Gasteiger partial charge < -0.3 is 15.2 Å². The van der Waals surface area contributed by atoms with Gasteiger partial charge in [-0.3, -0.25) is 9.59 Å². The third-order valence-electron chi connectivity index (χ3n) is 4.24. The number of amides is 1. The molecule has 4 atom stereocenters. The first-order valence-electron chi connectivity index (χ1n) is 6.92. The number of anilines is 1. The van der Waals surface area contributed by atoms with Gasteiger partial charge in [0.2, 0.25) is 5.91 Å². The maximum absolute atomic E-state index is 13.7. The summed E-state index contributed by atoms with van der Waals surface area (Å²) in [4.78, 5) is 23.7. The molecule has 0 saturated carbocycles. The monoisotopic (exact) mass is 293 g/mol. The summed E-state index contributed by atoms with van der Waals surface area (Å²) >= 11 is 0. The van der Waals surface area contributed by atoms with Crippen molar-refractivity contribution in [2.24, 2.45) is 11.8 Å². The van der Waals surface area contributed by atoms with E-state index in [-0.39, 0.29) is 11.8 Å². The van der Waals surface area contributed by atoms with Crippen molar-refractivity contribution in [1.82, 2.24) is 0 Å². The molecule has 3 rings (SSSR count). The predicted octanol–water partition coefficient (Wildman–Crippen LogP) is 1.95. The van der Waals surface area contributed by atoms with E-state index in [4.69, 9.17) is 4.74 Å². The van der Waals surface area contributed by atoms with Crippen LogP contribution in [0.25, 0.3) is 0 Å². The second kappa shape index (κ2) is 5.11. The van der Waals surface area contributed by atoms with Crippen molar-refractivity contribution in [3.8, 4) is 0 Å². The van der Waals surface area contributed by atoms with E-state index in [1.54, 1.807) is 13.0 Å². The van der Waals surface area contributed by atoms with Gasteiger partial charge in [-0.15, -0.1) is 0 Å². The van der Waals surface area contributed by atoms with Crippen molar-refractivity contribution in [2.75, 3.05) is 5.32 Å². The van der Waals surface area contributed by atoms with E-state index in [1.807, 2.05) is 0 Å². The van der Waals surface area contributed by atoms with Crippen LogP contribution in [-0.4, -0.2) is 29.2 Å². The van der Waals surface area contributed by atoms with Gasteiger partial charge in [-0.1, -0.05) is 6.07 Å². The summed E-state index contributed by atoms with van der Waals surface area (Å²) in [5, 5.41) is 11.8. The fraction of sp³-hybridized carbons (Fsp3) is 0.467. The maximum Gasteiger partial charge on any atom is 0.310 e. The molecule has 1 aromatic rings. The maximum atomic E-state index is 13.7. The number of carboxylic acids is 1. The summed E-state index contributed by atoms with van der Waals surface area (Å²) in [7, 11) is 0. The van der Waals surface area contributed by atoms with Crippen molar-refractivity contribution in [3.05, 3.63) is 29.6 Å². The Balaban J connectivity index is 1.81. The molecule has 2 aliphatic heterocycles. The van der Waals surface area contributed by atoms with Crippen LogP contribution in [0.15, 0.2) is 18.2 Å². The number of halogens is 1. The van der Waals surface area contributed by atoms with Gasteiger partial charge in [-0.2, -0.15) is 0 Å². The third-order valence-corrected chi connectivity index (χ3v) is 4.24. The van der Waals surface area contributed by atoms with Gasteiger partial charge in [0.15, 0.2) is 0 Å². The van der Waals surface area contributed by atoms with E-state index in [0.29, 0.717) is 12.8 Å². The van der Waals surface area contributed by atoms with E-state index in [0.717, 1.165) is 5.56 Å². The number of ether oxygens (including phenoxy) is 1. The first-order chi connectivity index (χ1) is 9.97. The highest BCUT2D eigenvalue weighted by Gasteiger charge is 2.55. The fourth-order valence-corrected chi connectivity index (χ4v) is 3.28. The lowest BCUT2D eigenvalue weighted by molar-refractivity contribution is -0.147. The van der Waals surface area contributed by atoms with Crippen LogP contribution in [0.3, 0.4) is 0 Å². The number of nitrogens with one attached hydrogen (secondary N) is 1. The van der Waals surface area contributed by atoms with Crippen LogP contribution in [0, 0.1) is 24.6 Å². The predicted molar refractivity (Wildman–Crippen MR) is 72.3 cm³/mol. The second-order valence-corrected chi connectivity index (χ2v) is 5.65. The minimum atomic E-state index is -1.04. The number of rotatable bonds is 3. The molecular weight excluding hydrogens is 277 g/mol. The first kappa shape index (κ1) is 14.0. The van der Waals surface area contributed by atoms with Gasteiger partial charge in [0.05, 0.1) is 29.7 Å². The number of hydrogen-bond acceptors (Lipinski definition) is 3. The summed E-state index contributed by atoms with van der Waals surface area (Å²) < 4.78 is 19.2. The molecule has 2 aliphatic rings. The molecular formula is C15H16FNO4. The number of carbonyl (C=O) groups is 2. The Hall–Kier alpha value is -1.95. The molecule has 2 heterocycles. The van der Waals surface area contributed by atoms with Crippen LogP contribution in [0.2, 0.25) is 0 Å². The number of aryl methyl sites for hydroxylation is 1. The molecule has 21 heavy (non-hydrogen) atoms. The molecule has 112 valence electrons. The van der Waals surface area contributed by atoms with Crippen molar-refractivity contribution in [3.63, 3.8) is 0 Å². The van der Waals surface area contributed by atoms with Crippen molar-refractivity contribution < 1.29 is 23.8 Å². The summed E-state index contributed by atoms with van der Waals surface area (Å²) in [6.45, 7) is 1.79. The van der Waals surface area contributed by atoms with Crippen molar-refractivity contribution >= 4 is 17.6 Å². The van der Waals surface area contributed by atoms with E-state index in [1.165, 1.54) is 12.1 Å². The highest BCUT2D eigenvalue weighted by atomic mass is 19.1. The van der Waals surface area contributed by atoms with Crippen LogP contribution in [0.4, 0.5) is 10.1 Å². The average Bonchev–Trinajstić information content (AvgIpc) is 3.03. The Kier molecular flexibility index (Phi) is 3.41. The number of aliphatic carboxylic acids is 1. The Labute approximate surface area is 121 Å². The van der Waals surface area contributed by atoms with Crippen LogP contribution in [0.5, 0.6) is 0 Å². The summed E-state index contributed by atoms with van der Waals surface area (Å²) in [5.41, 5.74) is 0.887. The normalized spacial score (nSPS) is 30.4. The lowest BCUT2D eigenvalue weighted by Crippen LogP contribution is -2.41. The van der Waals surface area contributed by atoms with Crippen molar-refractivity contribution in [2.45, 2.75) is 32.0 Å². The third kappa shape index (κ3) is 2.40. The summed E-state index contributed by atoms with van der Waals surface area (Å²) in [6.07, 6.45) is 0.530. The quantitative estimate of drug-likeness (QED) is 0.893. The SMILES string of the molecule is Cc1ccc(F)c(NC(=O)C2C3CCC(O3)C2C(=O)O)c1. The molecule has 0 aromatic heterocycles. The van der Waals surface area contributed by atoms with Crippen LogP contribution >= 0.6 is 0 Å². The van der Waals surface area contributed by atoms with Gasteiger partial charge in [-0.25, -0.2) is 4.39 Å². The fourth-order valence-electron chi connectivity index (χ4n) is 3.28.